The van der Waals surface area contributed by atoms with E-state index in [9.17, 15) is 4.79 Å². The van der Waals surface area contributed by atoms with Gasteiger partial charge in [-0.15, -0.1) is 11.3 Å². The van der Waals surface area contributed by atoms with Crippen LogP contribution in [0, 0.1) is 5.41 Å². The van der Waals surface area contributed by atoms with E-state index in [0.29, 0.717) is 30.0 Å². The van der Waals surface area contributed by atoms with Crippen molar-refractivity contribution < 1.29 is 14.3 Å². The van der Waals surface area contributed by atoms with E-state index in [1.165, 1.54) is 11.3 Å². The number of pyridine rings is 1. The van der Waals surface area contributed by atoms with Gasteiger partial charge < -0.3 is 14.4 Å². The van der Waals surface area contributed by atoms with Crippen molar-refractivity contribution in [3.05, 3.63) is 64.7 Å². The first-order chi connectivity index (χ1) is 17.5. The highest BCUT2D eigenvalue weighted by Gasteiger charge is 2.30. The van der Waals surface area contributed by atoms with Gasteiger partial charge in [0.1, 0.15) is 5.69 Å². The first kappa shape index (κ1) is 24.7. The molecule has 0 atom stereocenters. The molecule has 0 saturated carbocycles. The normalized spacial score (nSPS) is 19.4. The van der Waals surface area contributed by atoms with Gasteiger partial charge in [0.15, 0.2) is 11.5 Å². The highest BCUT2D eigenvalue weighted by molar-refractivity contribution is 7.07. The number of carbonyl (C=O) groups is 1. The highest BCUT2D eigenvalue weighted by atomic mass is 32.1. The fourth-order valence-corrected chi connectivity index (χ4v) is 5.55. The van der Waals surface area contributed by atoms with Crippen LogP contribution in [-0.2, 0) is 6.54 Å². The topological polar surface area (TPSA) is 67.8 Å². The number of rotatable bonds is 2. The third-order valence-electron chi connectivity index (χ3n) is 7.12. The first-order valence-electron chi connectivity index (χ1n) is 12.7. The quantitative estimate of drug-likeness (QED) is 0.448. The van der Waals surface area contributed by atoms with E-state index in [0.717, 1.165) is 63.2 Å². The Hall–Kier alpha value is -2.97. The van der Waals surface area contributed by atoms with Crippen LogP contribution in [0.5, 0.6) is 17.4 Å². The number of aromatic nitrogens is 2. The number of piperidine rings is 1. The molecule has 0 unspecified atom stereocenters. The number of benzene rings is 1. The number of fused-ring (bicyclic) bond motifs is 2. The first-order valence-corrected chi connectivity index (χ1v) is 13.7. The molecule has 1 fully saturated rings. The molecule has 36 heavy (non-hydrogen) atoms. The Morgan fingerprint density at radius 2 is 1.86 bits per heavy atom. The Kier molecular flexibility index (Phi) is 7.53. The van der Waals surface area contributed by atoms with E-state index in [4.69, 9.17) is 9.47 Å². The van der Waals surface area contributed by atoms with Crippen LogP contribution in [0.2, 0.25) is 0 Å². The lowest BCUT2D eigenvalue weighted by Crippen LogP contribution is -2.47. The molecule has 3 aromatic rings. The number of thiazole rings is 1. The standard InChI is InChI=1S/C28H34N4O3S/c1-28(2)12-6-14-32(22-10-15-31(16-11-22)27(33)23-18-36-20-30-23)17-21-7-5-13-29-26(21)35-25-9-4-3-8-24(25)34-19-28/h3-5,7-9,13,18,20,22H,6,10-12,14-17,19H2,1-2H3. The number of amides is 1. The summed E-state index contributed by atoms with van der Waals surface area (Å²) in [6.07, 6.45) is 5.81. The van der Waals surface area contributed by atoms with E-state index in [2.05, 4.69) is 34.8 Å². The minimum Gasteiger partial charge on any atom is -0.489 e. The van der Waals surface area contributed by atoms with Crippen LogP contribution >= 0.6 is 11.3 Å². The van der Waals surface area contributed by atoms with E-state index < -0.39 is 0 Å². The Balaban J connectivity index is 1.36. The molecule has 2 aromatic heterocycles. The second kappa shape index (κ2) is 11.0. The molecule has 2 aliphatic rings. The molecule has 4 heterocycles. The van der Waals surface area contributed by atoms with E-state index in [1.54, 1.807) is 11.7 Å². The number of para-hydroxylation sites is 2. The molecule has 0 spiro atoms. The van der Waals surface area contributed by atoms with Crippen LogP contribution < -0.4 is 9.47 Å². The van der Waals surface area contributed by atoms with Crippen molar-refractivity contribution in [1.29, 1.82) is 0 Å². The van der Waals surface area contributed by atoms with Crippen molar-refractivity contribution >= 4 is 17.2 Å². The number of nitrogens with zero attached hydrogens (tertiary/aromatic N) is 4. The summed E-state index contributed by atoms with van der Waals surface area (Å²) in [4.78, 5) is 26.1. The molecular weight excluding hydrogens is 472 g/mol. The molecule has 0 N–H and O–H groups in total. The molecular formula is C28H34N4O3S. The van der Waals surface area contributed by atoms with Crippen molar-refractivity contribution in [2.24, 2.45) is 5.41 Å². The summed E-state index contributed by atoms with van der Waals surface area (Å²) in [5.74, 6) is 2.10. The maximum Gasteiger partial charge on any atom is 0.273 e. The third kappa shape index (κ3) is 5.87. The van der Waals surface area contributed by atoms with Gasteiger partial charge in [0.05, 0.1) is 12.1 Å². The molecule has 5 rings (SSSR count). The van der Waals surface area contributed by atoms with E-state index >= 15 is 0 Å². The zero-order chi connectivity index (χ0) is 25.0. The Morgan fingerprint density at radius 1 is 1.06 bits per heavy atom. The number of hydrogen-bond acceptors (Lipinski definition) is 7. The molecule has 1 aromatic carbocycles. The van der Waals surface area contributed by atoms with Gasteiger partial charge in [-0.2, -0.15) is 0 Å². The Bertz CT molecular complexity index is 1160. The summed E-state index contributed by atoms with van der Waals surface area (Å²) in [6.45, 7) is 8.40. The van der Waals surface area contributed by atoms with Crippen molar-refractivity contribution in [1.82, 2.24) is 19.8 Å². The number of likely N-dealkylation sites (tertiary alicyclic amines) is 1. The van der Waals surface area contributed by atoms with Crippen LogP contribution in [0.1, 0.15) is 55.6 Å². The van der Waals surface area contributed by atoms with Crippen LogP contribution in [0.15, 0.2) is 53.5 Å². The number of ether oxygens (including phenoxy) is 2. The lowest BCUT2D eigenvalue weighted by molar-refractivity contribution is 0.0590. The average molecular weight is 507 g/mol. The largest absolute Gasteiger partial charge is 0.489 e. The Morgan fingerprint density at radius 3 is 2.64 bits per heavy atom. The van der Waals surface area contributed by atoms with Gasteiger partial charge in [0.2, 0.25) is 5.88 Å². The summed E-state index contributed by atoms with van der Waals surface area (Å²) in [6, 6.07) is 12.3. The molecule has 1 saturated heterocycles. The van der Waals surface area contributed by atoms with Crippen LogP contribution in [0.25, 0.3) is 0 Å². The molecule has 0 radical (unpaired) electrons. The molecule has 1 amide bonds. The van der Waals surface area contributed by atoms with Crippen molar-refractivity contribution in [2.75, 3.05) is 26.2 Å². The fourth-order valence-electron chi connectivity index (χ4n) is 5.02. The minimum absolute atomic E-state index is 0.0429. The van der Waals surface area contributed by atoms with Crippen molar-refractivity contribution in [2.45, 2.75) is 52.1 Å². The van der Waals surface area contributed by atoms with E-state index in [-0.39, 0.29) is 11.3 Å². The number of hydrogen-bond donors (Lipinski definition) is 0. The van der Waals surface area contributed by atoms with Crippen LogP contribution in [-0.4, -0.2) is 58.0 Å². The average Bonchev–Trinajstić information content (AvgIpc) is 3.43. The second-order valence-corrected chi connectivity index (χ2v) is 11.2. The molecule has 8 heteroatoms. The monoisotopic (exact) mass is 506 g/mol. The summed E-state index contributed by atoms with van der Waals surface area (Å²) >= 11 is 1.46. The van der Waals surface area contributed by atoms with Crippen LogP contribution in [0.4, 0.5) is 0 Å². The van der Waals surface area contributed by atoms with Gasteiger partial charge in [-0.1, -0.05) is 32.0 Å². The van der Waals surface area contributed by atoms with Gasteiger partial charge in [-0.05, 0) is 55.8 Å². The number of carbonyl (C=O) groups excluding carboxylic acids is 1. The molecule has 7 nitrogen and oxygen atoms in total. The predicted molar refractivity (Wildman–Crippen MR) is 141 cm³/mol. The third-order valence-corrected chi connectivity index (χ3v) is 7.70. The van der Waals surface area contributed by atoms with Gasteiger partial charge in [0.25, 0.3) is 5.91 Å². The smallest absolute Gasteiger partial charge is 0.273 e. The summed E-state index contributed by atoms with van der Waals surface area (Å²) in [7, 11) is 0. The Labute approximate surface area is 217 Å². The van der Waals surface area contributed by atoms with Crippen LogP contribution in [0.3, 0.4) is 0 Å². The van der Waals surface area contributed by atoms with E-state index in [1.807, 2.05) is 40.6 Å². The van der Waals surface area contributed by atoms with Gasteiger partial charge in [-0.25, -0.2) is 9.97 Å². The van der Waals surface area contributed by atoms with Gasteiger partial charge in [-0.3, -0.25) is 9.69 Å². The van der Waals surface area contributed by atoms with Gasteiger partial charge >= 0.3 is 0 Å². The second-order valence-electron chi connectivity index (χ2n) is 10.4. The van der Waals surface area contributed by atoms with Gasteiger partial charge in [0, 0.05) is 42.8 Å². The summed E-state index contributed by atoms with van der Waals surface area (Å²) in [5, 5.41) is 1.83. The lowest BCUT2D eigenvalue weighted by Gasteiger charge is -2.39. The summed E-state index contributed by atoms with van der Waals surface area (Å²) in [5.41, 5.74) is 3.38. The minimum atomic E-state index is 0.0429. The fraction of sp³-hybridized carbons (Fsp3) is 0.464. The molecule has 0 bridgehead atoms. The van der Waals surface area contributed by atoms with Crippen molar-refractivity contribution in [3.8, 4) is 17.4 Å². The SMILES string of the molecule is CC1(C)CCCN(C2CCN(C(=O)c3cscn3)CC2)Cc2cccnc2Oc2ccccc2OC1. The maximum absolute atomic E-state index is 12.8. The van der Waals surface area contributed by atoms with Crippen molar-refractivity contribution in [3.63, 3.8) is 0 Å². The zero-order valence-corrected chi connectivity index (χ0v) is 21.9. The lowest BCUT2D eigenvalue weighted by atomic mass is 9.88. The predicted octanol–water partition coefficient (Wildman–Crippen LogP) is 5.64. The molecule has 190 valence electrons. The summed E-state index contributed by atoms with van der Waals surface area (Å²) < 4.78 is 12.6. The molecule has 0 aliphatic carbocycles. The highest BCUT2D eigenvalue weighted by Crippen LogP contribution is 2.35. The molecule has 2 aliphatic heterocycles. The zero-order valence-electron chi connectivity index (χ0n) is 21.1. The maximum atomic E-state index is 12.8.